The molecule has 1 heterocycles. The molecule has 1 aromatic carbocycles. The summed E-state index contributed by atoms with van der Waals surface area (Å²) in [6, 6.07) is 1.46. The van der Waals surface area contributed by atoms with Gasteiger partial charge in [-0.25, -0.2) is 4.79 Å². The van der Waals surface area contributed by atoms with Crippen LogP contribution in [0.2, 0.25) is 0 Å². The lowest BCUT2D eigenvalue weighted by atomic mass is 10.0. The predicted octanol–water partition coefficient (Wildman–Crippen LogP) is 2.88. The van der Waals surface area contributed by atoms with E-state index in [0.717, 1.165) is 24.4 Å². The highest BCUT2D eigenvalue weighted by molar-refractivity contribution is 5.99. The summed E-state index contributed by atoms with van der Waals surface area (Å²) in [7, 11) is 0. The molecule has 2 aromatic rings. The third-order valence-corrected chi connectivity index (χ3v) is 4.21. The van der Waals surface area contributed by atoms with Gasteiger partial charge in [0.15, 0.2) is 0 Å². The average Bonchev–Trinajstić information content (AvgIpc) is 2.58. The summed E-state index contributed by atoms with van der Waals surface area (Å²) in [5.74, 6) is -2.55. The number of halogens is 3. The van der Waals surface area contributed by atoms with Crippen LogP contribution < -0.4 is 10.7 Å². The lowest BCUT2D eigenvalue weighted by molar-refractivity contribution is -0.140. The van der Waals surface area contributed by atoms with Gasteiger partial charge in [-0.15, -0.1) is 0 Å². The van der Waals surface area contributed by atoms with Crippen LogP contribution in [0.5, 0.6) is 0 Å². The van der Waals surface area contributed by atoms with Crippen molar-refractivity contribution in [3.63, 3.8) is 0 Å². The number of hydrogen-bond donors (Lipinski definition) is 2. The minimum Gasteiger partial charge on any atom is -0.480 e. The molecule has 0 aliphatic carbocycles. The van der Waals surface area contributed by atoms with Gasteiger partial charge in [0.25, 0.3) is 5.91 Å². The molecule has 2 rings (SSSR count). The number of amides is 1. The SMILES string of the molecule is CCn1cc(C(=O)N[C@H](C(=O)O)C(C)C)c(=O)c2ccc(C(F)(F)F)cc21. The fraction of sp³-hybridized carbons (Fsp3) is 0.389. The van der Waals surface area contributed by atoms with E-state index < -0.39 is 41.0 Å². The number of hydrogen-bond acceptors (Lipinski definition) is 3. The molecule has 0 spiro atoms. The maximum atomic E-state index is 12.9. The van der Waals surface area contributed by atoms with Crippen molar-refractivity contribution in [3.8, 4) is 0 Å². The van der Waals surface area contributed by atoms with E-state index >= 15 is 0 Å². The number of aromatic nitrogens is 1. The zero-order valence-corrected chi connectivity index (χ0v) is 14.9. The van der Waals surface area contributed by atoms with Crippen LogP contribution in [0.3, 0.4) is 0 Å². The van der Waals surface area contributed by atoms with E-state index in [1.54, 1.807) is 20.8 Å². The fourth-order valence-electron chi connectivity index (χ4n) is 2.72. The number of aliphatic carboxylic acids is 1. The molecule has 9 heteroatoms. The predicted molar refractivity (Wildman–Crippen MR) is 92.6 cm³/mol. The van der Waals surface area contributed by atoms with E-state index in [0.29, 0.717) is 0 Å². The van der Waals surface area contributed by atoms with Gasteiger partial charge in [-0.3, -0.25) is 9.59 Å². The molecule has 6 nitrogen and oxygen atoms in total. The summed E-state index contributed by atoms with van der Waals surface area (Å²) in [4.78, 5) is 36.3. The van der Waals surface area contributed by atoms with Crippen LogP contribution >= 0.6 is 0 Å². The molecular weight excluding hydrogens is 365 g/mol. The molecule has 146 valence electrons. The van der Waals surface area contributed by atoms with Crippen molar-refractivity contribution in [2.75, 3.05) is 0 Å². The maximum Gasteiger partial charge on any atom is 0.416 e. The Balaban J connectivity index is 2.59. The lowest BCUT2D eigenvalue weighted by Crippen LogP contribution is -2.45. The van der Waals surface area contributed by atoms with E-state index in [4.69, 9.17) is 0 Å². The van der Waals surface area contributed by atoms with Gasteiger partial charge in [0.05, 0.1) is 11.1 Å². The summed E-state index contributed by atoms with van der Waals surface area (Å²) in [5.41, 5.74) is -1.93. The molecule has 1 aromatic heterocycles. The quantitative estimate of drug-likeness (QED) is 0.830. The van der Waals surface area contributed by atoms with Crippen molar-refractivity contribution < 1.29 is 27.9 Å². The van der Waals surface area contributed by atoms with E-state index in [-0.39, 0.29) is 23.0 Å². The second-order valence-electron chi connectivity index (χ2n) is 6.42. The fourth-order valence-corrected chi connectivity index (χ4v) is 2.72. The van der Waals surface area contributed by atoms with Crippen molar-refractivity contribution in [1.82, 2.24) is 9.88 Å². The normalized spacial score (nSPS) is 13.0. The lowest BCUT2D eigenvalue weighted by Gasteiger charge is -2.19. The molecule has 1 amide bonds. The zero-order chi connectivity index (χ0) is 20.5. The van der Waals surface area contributed by atoms with Crippen LogP contribution in [-0.2, 0) is 17.5 Å². The summed E-state index contributed by atoms with van der Waals surface area (Å²) < 4.78 is 40.2. The molecule has 0 aliphatic rings. The average molecular weight is 384 g/mol. The number of benzene rings is 1. The Morgan fingerprint density at radius 2 is 1.89 bits per heavy atom. The van der Waals surface area contributed by atoms with Crippen LogP contribution in [0.15, 0.2) is 29.2 Å². The van der Waals surface area contributed by atoms with Gasteiger partial charge in [-0.1, -0.05) is 13.8 Å². The number of nitrogens with one attached hydrogen (secondary N) is 1. The Morgan fingerprint density at radius 1 is 1.26 bits per heavy atom. The molecule has 0 bridgehead atoms. The molecule has 0 fully saturated rings. The number of carbonyl (C=O) groups is 2. The van der Waals surface area contributed by atoms with Crippen molar-refractivity contribution in [3.05, 3.63) is 45.7 Å². The number of nitrogens with zero attached hydrogens (tertiary/aromatic N) is 1. The van der Waals surface area contributed by atoms with Crippen LogP contribution in [0.1, 0.15) is 36.7 Å². The molecule has 1 atom stereocenters. The Kier molecular flexibility index (Phi) is 5.62. The number of alkyl halides is 3. The third kappa shape index (κ3) is 4.12. The Labute approximate surface area is 152 Å². The largest absolute Gasteiger partial charge is 0.480 e. The van der Waals surface area contributed by atoms with E-state index in [9.17, 15) is 32.7 Å². The number of rotatable bonds is 5. The number of aryl methyl sites for hydroxylation is 1. The van der Waals surface area contributed by atoms with Crippen molar-refractivity contribution >= 4 is 22.8 Å². The molecule has 0 radical (unpaired) electrons. The van der Waals surface area contributed by atoms with Crippen molar-refractivity contribution in [1.29, 1.82) is 0 Å². The Bertz CT molecular complexity index is 948. The first-order valence-corrected chi connectivity index (χ1v) is 8.25. The van der Waals surface area contributed by atoms with E-state index in [1.165, 1.54) is 4.57 Å². The zero-order valence-electron chi connectivity index (χ0n) is 14.9. The van der Waals surface area contributed by atoms with Gasteiger partial charge < -0.3 is 15.0 Å². The van der Waals surface area contributed by atoms with Crippen LogP contribution in [-0.4, -0.2) is 27.6 Å². The minimum atomic E-state index is -4.56. The first kappa shape index (κ1) is 20.5. The minimum absolute atomic E-state index is 0.0473. The molecule has 27 heavy (non-hydrogen) atoms. The second kappa shape index (κ2) is 7.42. The summed E-state index contributed by atoms with van der Waals surface area (Å²) in [5, 5.41) is 11.4. The molecule has 0 saturated carbocycles. The van der Waals surface area contributed by atoms with Gasteiger partial charge in [-0.05, 0) is 31.0 Å². The number of pyridine rings is 1. The summed E-state index contributed by atoms with van der Waals surface area (Å²) in [6.07, 6.45) is -3.41. The van der Waals surface area contributed by atoms with Crippen molar-refractivity contribution in [2.45, 2.75) is 39.5 Å². The van der Waals surface area contributed by atoms with Crippen LogP contribution in [0.4, 0.5) is 13.2 Å². The maximum absolute atomic E-state index is 12.9. The van der Waals surface area contributed by atoms with E-state index in [2.05, 4.69) is 5.32 Å². The molecule has 0 aliphatic heterocycles. The third-order valence-electron chi connectivity index (χ3n) is 4.21. The topological polar surface area (TPSA) is 88.4 Å². The number of carbonyl (C=O) groups excluding carboxylic acids is 1. The van der Waals surface area contributed by atoms with Gasteiger partial charge >= 0.3 is 12.1 Å². The number of carboxylic acids is 1. The van der Waals surface area contributed by atoms with Gasteiger partial charge in [0, 0.05) is 18.1 Å². The highest BCUT2D eigenvalue weighted by Crippen LogP contribution is 2.31. The Hall–Kier alpha value is -2.84. The Morgan fingerprint density at radius 3 is 2.37 bits per heavy atom. The highest BCUT2D eigenvalue weighted by atomic mass is 19.4. The summed E-state index contributed by atoms with van der Waals surface area (Å²) >= 11 is 0. The first-order chi connectivity index (χ1) is 12.5. The summed E-state index contributed by atoms with van der Waals surface area (Å²) in [6.45, 7) is 5.07. The van der Waals surface area contributed by atoms with Gasteiger partial charge in [0.2, 0.25) is 5.43 Å². The molecule has 2 N–H and O–H groups in total. The van der Waals surface area contributed by atoms with Gasteiger partial charge in [0.1, 0.15) is 11.6 Å². The smallest absolute Gasteiger partial charge is 0.416 e. The second-order valence-corrected chi connectivity index (χ2v) is 6.42. The van der Waals surface area contributed by atoms with Crippen molar-refractivity contribution in [2.24, 2.45) is 5.92 Å². The highest BCUT2D eigenvalue weighted by Gasteiger charge is 2.31. The number of fused-ring (bicyclic) bond motifs is 1. The molecule has 0 saturated heterocycles. The monoisotopic (exact) mass is 384 g/mol. The standard InChI is InChI=1S/C18H19F3N2O4/c1-4-23-8-12(16(25)22-14(9(2)3)17(26)27)15(24)11-6-5-10(7-13(11)23)18(19,20)21/h5-9,14H,4H2,1-3H3,(H,22,25)(H,26,27)/t14-/m0/s1. The van der Waals surface area contributed by atoms with Crippen LogP contribution in [0, 0.1) is 5.92 Å². The molecular formula is C18H19F3N2O4. The van der Waals surface area contributed by atoms with Gasteiger partial charge in [-0.2, -0.15) is 13.2 Å². The molecule has 0 unspecified atom stereocenters. The van der Waals surface area contributed by atoms with Crippen LogP contribution in [0.25, 0.3) is 10.9 Å². The number of carboxylic acid groups (broad SMARTS) is 1. The first-order valence-electron chi connectivity index (χ1n) is 8.25. The van der Waals surface area contributed by atoms with E-state index in [1.807, 2.05) is 0 Å².